The van der Waals surface area contributed by atoms with E-state index in [2.05, 4.69) is 5.32 Å². The number of hydrogen-bond donors (Lipinski definition) is 1. The maximum atomic E-state index is 12.0. The standard InChI is InChI=1S/C12H13ClN2O5S/c13-10-7-8(1-2-11(10)15(17)18)12(16)14-9-3-5-21(19,20)6-4-9/h1-2,7,9H,3-6H2,(H,14,16). The van der Waals surface area contributed by atoms with E-state index in [0.717, 1.165) is 0 Å². The quantitative estimate of drug-likeness (QED) is 0.667. The molecule has 1 aromatic rings. The van der Waals surface area contributed by atoms with Gasteiger partial charge in [0.25, 0.3) is 11.6 Å². The third kappa shape index (κ3) is 3.92. The number of carbonyl (C=O) groups excluding carboxylic acids is 1. The van der Waals surface area contributed by atoms with E-state index in [4.69, 9.17) is 11.6 Å². The van der Waals surface area contributed by atoms with Crippen LogP contribution in [0, 0.1) is 10.1 Å². The average Bonchev–Trinajstić information content (AvgIpc) is 2.40. The Labute approximate surface area is 126 Å². The van der Waals surface area contributed by atoms with Gasteiger partial charge in [-0.15, -0.1) is 0 Å². The molecule has 1 N–H and O–H groups in total. The molecule has 1 saturated heterocycles. The van der Waals surface area contributed by atoms with Gasteiger partial charge >= 0.3 is 0 Å². The lowest BCUT2D eigenvalue weighted by atomic mass is 10.1. The highest BCUT2D eigenvalue weighted by Gasteiger charge is 2.25. The molecule has 7 nitrogen and oxygen atoms in total. The number of benzene rings is 1. The van der Waals surface area contributed by atoms with E-state index in [0.29, 0.717) is 12.8 Å². The van der Waals surface area contributed by atoms with Crippen molar-refractivity contribution in [3.8, 4) is 0 Å². The lowest BCUT2D eigenvalue weighted by Gasteiger charge is -2.23. The molecule has 1 amide bonds. The maximum Gasteiger partial charge on any atom is 0.287 e. The fourth-order valence-corrected chi connectivity index (χ4v) is 3.84. The number of nitrogens with one attached hydrogen (secondary N) is 1. The molecular weight excluding hydrogens is 320 g/mol. The zero-order valence-electron chi connectivity index (χ0n) is 10.9. The van der Waals surface area contributed by atoms with E-state index < -0.39 is 20.7 Å². The van der Waals surface area contributed by atoms with Crippen molar-refractivity contribution in [1.82, 2.24) is 5.32 Å². The number of rotatable bonds is 3. The van der Waals surface area contributed by atoms with E-state index in [9.17, 15) is 23.3 Å². The molecule has 1 heterocycles. The monoisotopic (exact) mass is 332 g/mol. The van der Waals surface area contributed by atoms with Gasteiger partial charge < -0.3 is 5.32 Å². The second-order valence-corrected chi connectivity index (χ2v) is 7.53. The van der Waals surface area contributed by atoms with Crippen LogP contribution < -0.4 is 5.32 Å². The minimum atomic E-state index is -2.99. The van der Waals surface area contributed by atoms with Crippen LogP contribution in [0.4, 0.5) is 5.69 Å². The number of halogens is 1. The number of sulfone groups is 1. The number of nitro benzene ring substituents is 1. The summed E-state index contributed by atoms with van der Waals surface area (Å²) in [5.41, 5.74) is -0.0593. The molecule has 1 fully saturated rings. The van der Waals surface area contributed by atoms with Crippen molar-refractivity contribution >= 4 is 33.0 Å². The Morgan fingerprint density at radius 1 is 1.33 bits per heavy atom. The third-order valence-electron chi connectivity index (χ3n) is 3.30. The summed E-state index contributed by atoms with van der Waals surface area (Å²) in [7, 11) is -2.99. The van der Waals surface area contributed by atoms with Gasteiger partial charge in [-0.2, -0.15) is 0 Å². The van der Waals surface area contributed by atoms with Crippen LogP contribution >= 0.6 is 11.6 Å². The van der Waals surface area contributed by atoms with Crippen molar-refractivity contribution in [3.63, 3.8) is 0 Å². The van der Waals surface area contributed by atoms with Crippen molar-refractivity contribution in [2.24, 2.45) is 0 Å². The molecule has 2 rings (SSSR count). The Balaban J connectivity index is 2.04. The molecule has 0 radical (unpaired) electrons. The molecule has 0 bridgehead atoms. The smallest absolute Gasteiger partial charge is 0.287 e. The van der Waals surface area contributed by atoms with E-state index >= 15 is 0 Å². The summed E-state index contributed by atoms with van der Waals surface area (Å²) >= 11 is 5.75. The van der Waals surface area contributed by atoms with Gasteiger partial charge in [-0.3, -0.25) is 14.9 Å². The Kier molecular flexibility index (Phi) is 4.48. The van der Waals surface area contributed by atoms with Crippen molar-refractivity contribution < 1.29 is 18.1 Å². The van der Waals surface area contributed by atoms with E-state index in [1.165, 1.54) is 18.2 Å². The van der Waals surface area contributed by atoms with Crippen LogP contribution in [-0.2, 0) is 9.84 Å². The summed E-state index contributed by atoms with van der Waals surface area (Å²) in [6.45, 7) is 0. The predicted molar refractivity (Wildman–Crippen MR) is 77.2 cm³/mol. The summed E-state index contributed by atoms with van der Waals surface area (Å²) in [4.78, 5) is 22.0. The Morgan fingerprint density at radius 2 is 1.95 bits per heavy atom. The van der Waals surface area contributed by atoms with Gasteiger partial charge in [0.2, 0.25) is 0 Å². The first-order valence-corrected chi connectivity index (χ1v) is 8.44. The molecule has 1 aromatic carbocycles. The first-order valence-electron chi connectivity index (χ1n) is 6.24. The minimum absolute atomic E-state index is 0.0545. The molecule has 9 heteroatoms. The first-order chi connectivity index (χ1) is 9.78. The van der Waals surface area contributed by atoms with Crippen molar-refractivity contribution in [3.05, 3.63) is 38.9 Å². The molecule has 21 heavy (non-hydrogen) atoms. The summed E-state index contributed by atoms with van der Waals surface area (Å²) in [5.74, 6) is -0.311. The van der Waals surface area contributed by atoms with Gasteiger partial charge in [-0.05, 0) is 25.0 Å². The average molecular weight is 333 g/mol. The Bertz CT molecular complexity index is 675. The molecular formula is C12H13ClN2O5S. The highest BCUT2D eigenvalue weighted by atomic mass is 35.5. The van der Waals surface area contributed by atoms with Gasteiger partial charge in [-0.1, -0.05) is 11.6 Å². The van der Waals surface area contributed by atoms with Gasteiger partial charge in [0, 0.05) is 17.7 Å². The fourth-order valence-electron chi connectivity index (χ4n) is 2.10. The summed E-state index contributed by atoms with van der Waals surface area (Å²) in [6.07, 6.45) is 0.740. The van der Waals surface area contributed by atoms with Crippen LogP contribution in [0.2, 0.25) is 5.02 Å². The largest absolute Gasteiger partial charge is 0.349 e. The molecule has 1 aliphatic rings. The second kappa shape index (κ2) is 5.98. The highest BCUT2D eigenvalue weighted by molar-refractivity contribution is 7.91. The van der Waals surface area contributed by atoms with E-state index in [1.54, 1.807) is 0 Å². The van der Waals surface area contributed by atoms with Crippen molar-refractivity contribution in [1.29, 1.82) is 0 Å². The lowest BCUT2D eigenvalue weighted by molar-refractivity contribution is -0.384. The first kappa shape index (κ1) is 15.7. The second-order valence-electron chi connectivity index (χ2n) is 4.82. The van der Waals surface area contributed by atoms with Crippen molar-refractivity contribution in [2.45, 2.75) is 18.9 Å². The van der Waals surface area contributed by atoms with Gasteiger partial charge in [0.15, 0.2) is 0 Å². The van der Waals surface area contributed by atoms with Crippen LogP contribution in [0.5, 0.6) is 0 Å². The summed E-state index contributed by atoms with van der Waals surface area (Å²) in [5, 5.41) is 13.2. The van der Waals surface area contributed by atoms with Crippen LogP contribution in [0.3, 0.4) is 0 Å². The van der Waals surface area contributed by atoms with Gasteiger partial charge in [0.05, 0.1) is 16.4 Å². The molecule has 0 aromatic heterocycles. The zero-order valence-corrected chi connectivity index (χ0v) is 12.5. The van der Waals surface area contributed by atoms with E-state index in [1.807, 2.05) is 0 Å². The topological polar surface area (TPSA) is 106 Å². The number of hydrogen-bond acceptors (Lipinski definition) is 5. The molecule has 0 saturated carbocycles. The Morgan fingerprint density at radius 3 is 2.48 bits per heavy atom. The number of nitro groups is 1. The summed E-state index contributed by atoms with van der Waals surface area (Å²) in [6, 6.07) is 3.51. The SMILES string of the molecule is O=C(NC1CCS(=O)(=O)CC1)c1ccc([N+](=O)[O-])c(Cl)c1. The highest BCUT2D eigenvalue weighted by Crippen LogP contribution is 2.25. The molecule has 0 atom stereocenters. The predicted octanol–water partition coefficient (Wildman–Crippen LogP) is 1.56. The van der Waals surface area contributed by atoms with Crippen LogP contribution in [0.25, 0.3) is 0 Å². The third-order valence-corrected chi connectivity index (χ3v) is 5.31. The molecule has 0 aliphatic carbocycles. The normalized spacial score (nSPS) is 18.1. The fraction of sp³-hybridized carbons (Fsp3) is 0.417. The van der Waals surface area contributed by atoms with Crippen LogP contribution in [-0.4, -0.2) is 36.8 Å². The number of amides is 1. The zero-order chi connectivity index (χ0) is 15.6. The minimum Gasteiger partial charge on any atom is -0.349 e. The Hall–Kier alpha value is -1.67. The molecule has 0 unspecified atom stereocenters. The van der Waals surface area contributed by atoms with Crippen LogP contribution in [0.1, 0.15) is 23.2 Å². The van der Waals surface area contributed by atoms with Gasteiger partial charge in [-0.25, -0.2) is 8.42 Å². The van der Waals surface area contributed by atoms with Crippen molar-refractivity contribution in [2.75, 3.05) is 11.5 Å². The number of nitrogens with zero attached hydrogens (tertiary/aromatic N) is 1. The maximum absolute atomic E-state index is 12.0. The number of carbonyl (C=O) groups is 1. The van der Waals surface area contributed by atoms with Crippen LogP contribution in [0.15, 0.2) is 18.2 Å². The lowest BCUT2D eigenvalue weighted by Crippen LogP contribution is -2.40. The molecule has 0 spiro atoms. The molecule has 1 aliphatic heterocycles. The van der Waals surface area contributed by atoms with Gasteiger partial charge in [0.1, 0.15) is 14.9 Å². The molecule has 114 valence electrons. The van der Waals surface area contributed by atoms with E-state index in [-0.39, 0.29) is 33.8 Å². The summed E-state index contributed by atoms with van der Waals surface area (Å²) < 4.78 is 22.6.